The molecule has 0 radical (unpaired) electrons. The van der Waals surface area contributed by atoms with Crippen molar-refractivity contribution < 1.29 is 9.90 Å². The SMILES string of the molecule is O=C1CCC[C@@H](Sc2ccc(O)cc2)C1. The summed E-state index contributed by atoms with van der Waals surface area (Å²) in [4.78, 5) is 12.4. The molecule has 0 bridgehead atoms. The van der Waals surface area contributed by atoms with Crippen LogP contribution in [0.15, 0.2) is 29.2 Å². The molecule has 0 aliphatic heterocycles. The van der Waals surface area contributed by atoms with Gasteiger partial charge >= 0.3 is 0 Å². The van der Waals surface area contributed by atoms with Crippen LogP contribution in [-0.4, -0.2) is 16.1 Å². The van der Waals surface area contributed by atoms with E-state index in [1.807, 2.05) is 12.1 Å². The highest BCUT2D eigenvalue weighted by Gasteiger charge is 2.20. The summed E-state index contributed by atoms with van der Waals surface area (Å²) in [5.41, 5.74) is 0. The van der Waals surface area contributed by atoms with Crippen LogP contribution in [0.3, 0.4) is 0 Å². The van der Waals surface area contributed by atoms with Crippen LogP contribution >= 0.6 is 11.8 Å². The lowest BCUT2D eigenvalue weighted by atomic mass is 9.99. The van der Waals surface area contributed by atoms with Crippen LogP contribution in [0.25, 0.3) is 0 Å². The Morgan fingerprint density at radius 2 is 2.00 bits per heavy atom. The molecular weight excluding hydrogens is 208 g/mol. The molecule has 1 saturated carbocycles. The summed E-state index contributed by atoms with van der Waals surface area (Å²) < 4.78 is 0. The molecule has 0 saturated heterocycles. The van der Waals surface area contributed by atoms with Crippen molar-refractivity contribution in [3.63, 3.8) is 0 Å². The van der Waals surface area contributed by atoms with Gasteiger partial charge in [0.25, 0.3) is 0 Å². The van der Waals surface area contributed by atoms with Crippen molar-refractivity contribution in [1.29, 1.82) is 0 Å². The zero-order valence-corrected chi connectivity index (χ0v) is 9.30. The van der Waals surface area contributed by atoms with E-state index in [4.69, 9.17) is 5.11 Å². The van der Waals surface area contributed by atoms with Crippen molar-refractivity contribution in [2.45, 2.75) is 35.8 Å². The number of phenolic OH excluding ortho intramolecular Hbond substituents is 1. The van der Waals surface area contributed by atoms with E-state index in [1.165, 1.54) is 0 Å². The van der Waals surface area contributed by atoms with Gasteiger partial charge in [0.2, 0.25) is 0 Å². The predicted molar refractivity (Wildman–Crippen MR) is 61.2 cm³/mol. The first-order valence-corrected chi connectivity index (χ1v) is 6.09. The molecular formula is C12H14O2S. The van der Waals surface area contributed by atoms with Gasteiger partial charge in [-0.1, -0.05) is 0 Å². The number of ketones is 1. The first kappa shape index (κ1) is 10.6. The Morgan fingerprint density at radius 1 is 1.27 bits per heavy atom. The third-order valence-corrected chi connectivity index (χ3v) is 3.86. The molecule has 80 valence electrons. The molecule has 0 heterocycles. The molecule has 1 atom stereocenters. The minimum atomic E-state index is 0.291. The van der Waals surface area contributed by atoms with Gasteiger partial charge in [0.1, 0.15) is 11.5 Å². The number of thioether (sulfide) groups is 1. The number of phenols is 1. The Kier molecular flexibility index (Phi) is 3.31. The second-order valence-corrected chi connectivity index (χ2v) is 5.24. The Hall–Kier alpha value is -0.960. The van der Waals surface area contributed by atoms with Crippen LogP contribution in [0.4, 0.5) is 0 Å². The van der Waals surface area contributed by atoms with Crippen molar-refractivity contribution >= 4 is 17.5 Å². The maximum absolute atomic E-state index is 11.3. The summed E-state index contributed by atoms with van der Waals surface area (Å²) in [6.45, 7) is 0. The second-order valence-electron chi connectivity index (χ2n) is 3.87. The highest BCUT2D eigenvalue weighted by Crippen LogP contribution is 2.32. The fourth-order valence-corrected chi connectivity index (χ4v) is 3.03. The van der Waals surface area contributed by atoms with Crippen molar-refractivity contribution in [2.75, 3.05) is 0 Å². The van der Waals surface area contributed by atoms with Crippen LogP contribution in [-0.2, 0) is 4.79 Å². The Labute approximate surface area is 93.7 Å². The smallest absolute Gasteiger partial charge is 0.134 e. The van der Waals surface area contributed by atoms with E-state index in [1.54, 1.807) is 23.9 Å². The predicted octanol–water partition coefficient (Wildman–Crippen LogP) is 3.00. The number of hydrogen-bond acceptors (Lipinski definition) is 3. The molecule has 1 aliphatic rings. The van der Waals surface area contributed by atoms with E-state index in [2.05, 4.69) is 0 Å². The lowest BCUT2D eigenvalue weighted by Crippen LogP contribution is -2.16. The lowest BCUT2D eigenvalue weighted by Gasteiger charge is -2.20. The Bertz CT molecular complexity index is 345. The molecule has 15 heavy (non-hydrogen) atoms. The molecule has 0 amide bonds. The monoisotopic (exact) mass is 222 g/mol. The van der Waals surface area contributed by atoms with Crippen LogP contribution < -0.4 is 0 Å². The van der Waals surface area contributed by atoms with Crippen LogP contribution in [0, 0.1) is 0 Å². The quantitative estimate of drug-likeness (QED) is 0.835. The average molecular weight is 222 g/mol. The van der Waals surface area contributed by atoms with Crippen molar-refractivity contribution in [3.05, 3.63) is 24.3 Å². The normalized spacial score (nSPS) is 21.6. The molecule has 2 nitrogen and oxygen atoms in total. The highest BCUT2D eigenvalue weighted by atomic mass is 32.2. The summed E-state index contributed by atoms with van der Waals surface area (Å²) in [6, 6.07) is 7.18. The van der Waals surface area contributed by atoms with Gasteiger partial charge in [0, 0.05) is 23.0 Å². The van der Waals surface area contributed by atoms with E-state index < -0.39 is 0 Å². The van der Waals surface area contributed by atoms with E-state index in [0.29, 0.717) is 23.2 Å². The van der Waals surface area contributed by atoms with Crippen LogP contribution in [0.2, 0.25) is 0 Å². The Balaban J connectivity index is 1.96. The minimum absolute atomic E-state index is 0.291. The zero-order chi connectivity index (χ0) is 10.7. The number of carbonyl (C=O) groups excluding carboxylic acids is 1. The van der Waals surface area contributed by atoms with Gasteiger partial charge in [-0.25, -0.2) is 0 Å². The first-order chi connectivity index (χ1) is 7.24. The zero-order valence-electron chi connectivity index (χ0n) is 8.48. The number of aromatic hydroxyl groups is 1. The molecule has 1 fully saturated rings. The largest absolute Gasteiger partial charge is 0.508 e. The Morgan fingerprint density at radius 3 is 2.67 bits per heavy atom. The molecule has 0 spiro atoms. The number of rotatable bonds is 2. The van der Waals surface area contributed by atoms with Crippen molar-refractivity contribution in [3.8, 4) is 5.75 Å². The second kappa shape index (κ2) is 4.71. The molecule has 1 N–H and O–H groups in total. The maximum Gasteiger partial charge on any atom is 0.134 e. The summed E-state index contributed by atoms with van der Waals surface area (Å²) in [5, 5.41) is 9.57. The number of Topliss-reactive ketones (excluding diaryl/α,β-unsaturated/α-hetero) is 1. The topological polar surface area (TPSA) is 37.3 Å². The van der Waals surface area contributed by atoms with E-state index in [0.717, 1.165) is 24.2 Å². The van der Waals surface area contributed by atoms with Gasteiger partial charge in [-0.05, 0) is 37.1 Å². The third-order valence-electron chi connectivity index (χ3n) is 2.58. The number of benzene rings is 1. The van der Waals surface area contributed by atoms with E-state index in [-0.39, 0.29) is 0 Å². The lowest BCUT2D eigenvalue weighted by molar-refractivity contribution is -0.120. The van der Waals surface area contributed by atoms with Gasteiger partial charge < -0.3 is 5.11 Å². The molecule has 0 aromatic heterocycles. The standard InChI is InChI=1S/C12H14O2S/c13-9-4-6-11(7-5-9)15-12-3-1-2-10(14)8-12/h4-7,12-13H,1-3,8H2/t12-/m1/s1. The van der Waals surface area contributed by atoms with Gasteiger partial charge in [-0.3, -0.25) is 4.79 Å². The summed E-state index contributed by atoms with van der Waals surface area (Å²) >= 11 is 1.75. The fraction of sp³-hybridized carbons (Fsp3) is 0.417. The van der Waals surface area contributed by atoms with Gasteiger partial charge in [0.15, 0.2) is 0 Å². The highest BCUT2D eigenvalue weighted by molar-refractivity contribution is 8.00. The number of hydrogen-bond donors (Lipinski definition) is 1. The minimum Gasteiger partial charge on any atom is -0.508 e. The molecule has 1 aromatic rings. The van der Waals surface area contributed by atoms with Gasteiger partial charge in [-0.2, -0.15) is 0 Å². The van der Waals surface area contributed by atoms with Crippen molar-refractivity contribution in [2.24, 2.45) is 0 Å². The maximum atomic E-state index is 11.3. The van der Waals surface area contributed by atoms with E-state index >= 15 is 0 Å². The van der Waals surface area contributed by atoms with Crippen LogP contribution in [0.5, 0.6) is 5.75 Å². The fourth-order valence-electron chi connectivity index (χ4n) is 1.80. The average Bonchev–Trinajstić information content (AvgIpc) is 2.22. The molecule has 3 heteroatoms. The molecule has 1 aliphatic carbocycles. The van der Waals surface area contributed by atoms with E-state index in [9.17, 15) is 4.79 Å². The number of carbonyl (C=O) groups is 1. The molecule has 2 rings (SSSR count). The molecule has 1 aromatic carbocycles. The van der Waals surface area contributed by atoms with Crippen molar-refractivity contribution in [1.82, 2.24) is 0 Å². The van der Waals surface area contributed by atoms with Crippen LogP contribution in [0.1, 0.15) is 25.7 Å². The first-order valence-electron chi connectivity index (χ1n) is 5.21. The summed E-state index contributed by atoms with van der Waals surface area (Å²) in [6.07, 6.45) is 3.60. The third kappa shape index (κ3) is 2.99. The van der Waals surface area contributed by atoms with Gasteiger partial charge in [0.05, 0.1) is 0 Å². The van der Waals surface area contributed by atoms with Gasteiger partial charge in [-0.15, -0.1) is 11.8 Å². The molecule has 0 unspecified atom stereocenters. The summed E-state index contributed by atoms with van der Waals surface area (Å²) in [5.74, 6) is 0.677. The summed E-state index contributed by atoms with van der Waals surface area (Å²) in [7, 11) is 0.